The molecule has 1 aromatic rings. The van der Waals surface area contributed by atoms with Crippen LogP contribution in [0.4, 0.5) is 0 Å². The summed E-state index contributed by atoms with van der Waals surface area (Å²) in [7, 11) is 0. The first-order valence-corrected chi connectivity index (χ1v) is 4.13. The summed E-state index contributed by atoms with van der Waals surface area (Å²) in [6.45, 7) is 0.477. The minimum Gasteiger partial charge on any atom is -0.504 e. The van der Waals surface area contributed by atoms with E-state index in [0.717, 1.165) is 12.0 Å². The standard InChI is InChI=1S/C9H11NO3/c10-6-3-4-13-9-5(6)1-2-7(11)8(9)12/h1-2,6,11-12H,3-4,10H2/t6-/m1/s1. The van der Waals surface area contributed by atoms with Crippen LogP contribution in [0.2, 0.25) is 0 Å². The Balaban J connectivity index is 2.56. The molecule has 1 atom stereocenters. The molecule has 1 heterocycles. The summed E-state index contributed by atoms with van der Waals surface area (Å²) in [5.41, 5.74) is 6.54. The van der Waals surface area contributed by atoms with E-state index in [2.05, 4.69) is 0 Å². The number of ether oxygens (including phenoxy) is 1. The zero-order valence-corrected chi connectivity index (χ0v) is 7.03. The van der Waals surface area contributed by atoms with Crippen molar-refractivity contribution in [3.05, 3.63) is 17.7 Å². The van der Waals surface area contributed by atoms with Crippen molar-refractivity contribution in [2.75, 3.05) is 6.61 Å². The van der Waals surface area contributed by atoms with Gasteiger partial charge in [0.15, 0.2) is 11.5 Å². The minimum absolute atomic E-state index is 0.116. The van der Waals surface area contributed by atoms with Crippen molar-refractivity contribution in [3.8, 4) is 17.2 Å². The third-order valence-electron chi connectivity index (χ3n) is 2.22. The second-order valence-corrected chi connectivity index (χ2v) is 3.10. The van der Waals surface area contributed by atoms with Crippen LogP contribution in [-0.4, -0.2) is 16.8 Å². The van der Waals surface area contributed by atoms with Crippen molar-refractivity contribution in [1.82, 2.24) is 0 Å². The molecule has 4 N–H and O–H groups in total. The van der Waals surface area contributed by atoms with E-state index in [9.17, 15) is 10.2 Å². The van der Waals surface area contributed by atoms with Gasteiger partial charge in [0, 0.05) is 18.0 Å². The van der Waals surface area contributed by atoms with E-state index in [0.29, 0.717) is 12.4 Å². The highest BCUT2D eigenvalue weighted by Crippen LogP contribution is 2.42. The Labute approximate surface area is 75.6 Å². The molecule has 70 valence electrons. The fraction of sp³-hybridized carbons (Fsp3) is 0.333. The summed E-state index contributed by atoms with van der Waals surface area (Å²) < 4.78 is 5.22. The fourth-order valence-corrected chi connectivity index (χ4v) is 1.46. The summed E-state index contributed by atoms with van der Waals surface area (Å²) in [5.74, 6) is -0.0701. The van der Waals surface area contributed by atoms with E-state index in [1.807, 2.05) is 0 Å². The highest BCUT2D eigenvalue weighted by atomic mass is 16.5. The Morgan fingerprint density at radius 2 is 2.15 bits per heavy atom. The molecule has 1 aliphatic rings. The van der Waals surface area contributed by atoms with Crippen LogP contribution in [0.1, 0.15) is 18.0 Å². The first-order valence-electron chi connectivity index (χ1n) is 4.13. The van der Waals surface area contributed by atoms with Crippen molar-refractivity contribution in [3.63, 3.8) is 0 Å². The van der Waals surface area contributed by atoms with Gasteiger partial charge in [0.25, 0.3) is 0 Å². The van der Waals surface area contributed by atoms with Crippen LogP contribution >= 0.6 is 0 Å². The summed E-state index contributed by atoms with van der Waals surface area (Å²) in [6, 6.07) is 2.98. The van der Waals surface area contributed by atoms with E-state index in [-0.39, 0.29) is 17.5 Å². The second-order valence-electron chi connectivity index (χ2n) is 3.10. The van der Waals surface area contributed by atoms with Gasteiger partial charge in [-0.3, -0.25) is 0 Å². The summed E-state index contributed by atoms with van der Waals surface area (Å²) in [6.07, 6.45) is 0.733. The molecular formula is C9H11NO3. The monoisotopic (exact) mass is 181 g/mol. The molecule has 0 bridgehead atoms. The number of hydrogen-bond acceptors (Lipinski definition) is 4. The predicted octanol–water partition coefficient (Wildman–Crippen LogP) is 0.880. The summed E-state index contributed by atoms with van der Waals surface area (Å²) in [5, 5.41) is 18.6. The first kappa shape index (κ1) is 8.19. The van der Waals surface area contributed by atoms with E-state index >= 15 is 0 Å². The minimum atomic E-state index is -0.215. The zero-order valence-electron chi connectivity index (χ0n) is 7.03. The molecule has 0 spiro atoms. The lowest BCUT2D eigenvalue weighted by atomic mass is 10.0. The first-order chi connectivity index (χ1) is 6.20. The molecule has 4 nitrogen and oxygen atoms in total. The molecule has 0 aliphatic carbocycles. The lowest BCUT2D eigenvalue weighted by Gasteiger charge is -2.23. The number of rotatable bonds is 0. The number of phenolic OH excluding ortho intramolecular Hbond substituents is 2. The highest BCUT2D eigenvalue weighted by Gasteiger charge is 2.22. The maximum absolute atomic E-state index is 9.43. The number of aromatic hydroxyl groups is 2. The Kier molecular flexibility index (Phi) is 1.77. The summed E-state index contributed by atoms with van der Waals surface area (Å²) >= 11 is 0. The molecule has 0 saturated carbocycles. The van der Waals surface area contributed by atoms with Gasteiger partial charge in [0.05, 0.1) is 6.61 Å². The van der Waals surface area contributed by atoms with Crippen molar-refractivity contribution in [2.45, 2.75) is 12.5 Å². The molecule has 13 heavy (non-hydrogen) atoms. The predicted molar refractivity (Wildman–Crippen MR) is 46.8 cm³/mol. The third kappa shape index (κ3) is 1.19. The molecule has 2 rings (SSSR count). The Morgan fingerprint density at radius 1 is 1.38 bits per heavy atom. The molecule has 1 aliphatic heterocycles. The molecule has 0 fully saturated rings. The van der Waals surface area contributed by atoms with E-state index in [4.69, 9.17) is 10.5 Å². The molecule has 0 saturated heterocycles. The van der Waals surface area contributed by atoms with Gasteiger partial charge in [0.1, 0.15) is 0 Å². The zero-order chi connectivity index (χ0) is 9.42. The smallest absolute Gasteiger partial charge is 0.200 e. The van der Waals surface area contributed by atoms with Crippen LogP contribution < -0.4 is 10.5 Å². The van der Waals surface area contributed by atoms with Crippen LogP contribution in [0.3, 0.4) is 0 Å². The van der Waals surface area contributed by atoms with Gasteiger partial charge < -0.3 is 20.7 Å². The van der Waals surface area contributed by atoms with Crippen LogP contribution in [0.15, 0.2) is 12.1 Å². The summed E-state index contributed by atoms with van der Waals surface area (Å²) in [4.78, 5) is 0. The fourth-order valence-electron chi connectivity index (χ4n) is 1.46. The number of nitrogens with two attached hydrogens (primary N) is 1. The van der Waals surface area contributed by atoms with Gasteiger partial charge >= 0.3 is 0 Å². The van der Waals surface area contributed by atoms with Crippen molar-refractivity contribution in [1.29, 1.82) is 0 Å². The molecule has 0 aromatic heterocycles. The third-order valence-corrected chi connectivity index (χ3v) is 2.22. The SMILES string of the molecule is N[C@@H]1CCOc2c1ccc(O)c2O. The number of hydrogen-bond donors (Lipinski definition) is 3. The van der Waals surface area contributed by atoms with Gasteiger partial charge in [-0.1, -0.05) is 0 Å². The Morgan fingerprint density at radius 3 is 2.92 bits per heavy atom. The molecule has 1 aromatic carbocycles. The maximum atomic E-state index is 9.43. The normalized spacial score (nSPS) is 20.5. The van der Waals surface area contributed by atoms with E-state index < -0.39 is 0 Å². The topological polar surface area (TPSA) is 75.7 Å². The Hall–Kier alpha value is -1.42. The lowest BCUT2D eigenvalue weighted by Crippen LogP contribution is -2.20. The van der Waals surface area contributed by atoms with Crippen molar-refractivity contribution >= 4 is 0 Å². The van der Waals surface area contributed by atoms with Crippen LogP contribution in [-0.2, 0) is 0 Å². The van der Waals surface area contributed by atoms with Crippen molar-refractivity contribution < 1.29 is 14.9 Å². The van der Waals surface area contributed by atoms with E-state index in [1.54, 1.807) is 6.07 Å². The average Bonchev–Trinajstić information content (AvgIpc) is 2.12. The van der Waals surface area contributed by atoms with Crippen LogP contribution in [0, 0.1) is 0 Å². The van der Waals surface area contributed by atoms with Gasteiger partial charge in [-0.25, -0.2) is 0 Å². The second kappa shape index (κ2) is 2.81. The number of benzene rings is 1. The Bertz CT molecular complexity index is 338. The molecule has 4 heteroatoms. The van der Waals surface area contributed by atoms with Gasteiger partial charge in [-0.2, -0.15) is 0 Å². The maximum Gasteiger partial charge on any atom is 0.200 e. The van der Waals surface area contributed by atoms with E-state index in [1.165, 1.54) is 6.07 Å². The van der Waals surface area contributed by atoms with Gasteiger partial charge in [-0.15, -0.1) is 0 Å². The average molecular weight is 181 g/mol. The van der Waals surface area contributed by atoms with Gasteiger partial charge in [-0.05, 0) is 12.1 Å². The molecule has 0 unspecified atom stereocenters. The molecule has 0 radical (unpaired) electrons. The van der Waals surface area contributed by atoms with Crippen LogP contribution in [0.5, 0.6) is 17.2 Å². The highest BCUT2D eigenvalue weighted by molar-refractivity contribution is 5.55. The largest absolute Gasteiger partial charge is 0.504 e. The lowest BCUT2D eigenvalue weighted by molar-refractivity contribution is 0.251. The van der Waals surface area contributed by atoms with Crippen molar-refractivity contribution in [2.24, 2.45) is 5.73 Å². The molecule has 0 amide bonds. The van der Waals surface area contributed by atoms with Crippen LogP contribution in [0.25, 0.3) is 0 Å². The number of phenols is 2. The quantitative estimate of drug-likeness (QED) is 0.519. The van der Waals surface area contributed by atoms with Gasteiger partial charge in [0.2, 0.25) is 5.75 Å². The molecular weight excluding hydrogens is 170 g/mol. The number of fused-ring (bicyclic) bond motifs is 1.